The first kappa shape index (κ1) is 16.0. The Kier molecular flexibility index (Phi) is 5.42. The van der Waals surface area contributed by atoms with Crippen molar-refractivity contribution < 1.29 is 17.9 Å². The van der Waals surface area contributed by atoms with Crippen LogP contribution in [0.25, 0.3) is 0 Å². The van der Waals surface area contributed by atoms with Gasteiger partial charge in [0, 0.05) is 20.1 Å². The van der Waals surface area contributed by atoms with Crippen LogP contribution < -0.4 is 0 Å². The smallest absolute Gasteiger partial charge is 0.245 e. The van der Waals surface area contributed by atoms with Crippen LogP contribution in [0, 0.1) is 5.82 Å². The fourth-order valence-corrected chi connectivity index (χ4v) is 2.68. The summed E-state index contributed by atoms with van der Waals surface area (Å²) in [7, 11) is 1.24. The highest BCUT2D eigenvalue weighted by Crippen LogP contribution is 2.19. The molecular formula is C12H19FN2O3S. The van der Waals surface area contributed by atoms with Gasteiger partial charge in [-0.1, -0.05) is 6.07 Å². The summed E-state index contributed by atoms with van der Waals surface area (Å²) in [5.74, 6) is -0.844. The Bertz CT molecular complexity index is 532. The minimum atomic E-state index is -3.84. The first-order chi connectivity index (χ1) is 8.78. The predicted molar refractivity (Wildman–Crippen MR) is 70.7 cm³/mol. The van der Waals surface area contributed by atoms with E-state index in [1.54, 1.807) is 0 Å². The molecule has 108 valence electrons. The van der Waals surface area contributed by atoms with Gasteiger partial charge in [0.05, 0.1) is 6.61 Å². The van der Waals surface area contributed by atoms with Gasteiger partial charge in [0.15, 0.2) is 0 Å². The minimum absolute atomic E-state index is 0.274. The average molecular weight is 290 g/mol. The lowest BCUT2D eigenvalue weighted by Gasteiger charge is -2.19. The third-order valence-electron chi connectivity index (χ3n) is 2.73. The van der Waals surface area contributed by atoms with Crippen molar-refractivity contribution in [3.63, 3.8) is 0 Å². The van der Waals surface area contributed by atoms with E-state index in [0.717, 1.165) is 10.4 Å². The van der Waals surface area contributed by atoms with E-state index in [4.69, 9.17) is 5.11 Å². The summed E-state index contributed by atoms with van der Waals surface area (Å²) < 4.78 is 39.2. The molecule has 0 fully saturated rings. The van der Waals surface area contributed by atoms with Crippen LogP contribution in [-0.2, 0) is 16.6 Å². The molecule has 0 aliphatic carbocycles. The third kappa shape index (κ3) is 3.97. The van der Waals surface area contributed by atoms with E-state index in [-0.39, 0.29) is 18.0 Å². The fourth-order valence-electron chi connectivity index (χ4n) is 1.48. The van der Waals surface area contributed by atoms with Crippen LogP contribution in [0.15, 0.2) is 23.1 Å². The number of hydrogen-bond acceptors (Lipinski definition) is 4. The number of nitrogens with zero attached hydrogens (tertiary/aromatic N) is 2. The maximum absolute atomic E-state index is 13.8. The van der Waals surface area contributed by atoms with Crippen molar-refractivity contribution in [2.75, 3.05) is 34.2 Å². The third-order valence-corrected chi connectivity index (χ3v) is 4.62. The average Bonchev–Trinajstić information content (AvgIpc) is 2.35. The van der Waals surface area contributed by atoms with E-state index in [0.29, 0.717) is 12.1 Å². The molecular weight excluding hydrogens is 271 g/mol. The van der Waals surface area contributed by atoms with E-state index < -0.39 is 15.8 Å². The molecule has 0 saturated heterocycles. The van der Waals surface area contributed by atoms with Crippen LogP contribution in [0.4, 0.5) is 4.39 Å². The Labute approximate surface area is 113 Å². The molecule has 0 aliphatic rings. The number of aliphatic hydroxyl groups is 1. The van der Waals surface area contributed by atoms with Gasteiger partial charge in [0.1, 0.15) is 10.7 Å². The molecule has 0 atom stereocenters. The lowest BCUT2D eigenvalue weighted by atomic mass is 10.2. The largest absolute Gasteiger partial charge is 0.392 e. The Morgan fingerprint density at radius 2 is 1.84 bits per heavy atom. The minimum Gasteiger partial charge on any atom is -0.392 e. The lowest BCUT2D eigenvalue weighted by molar-refractivity contribution is 0.281. The molecule has 1 N–H and O–H groups in total. The maximum Gasteiger partial charge on any atom is 0.245 e. The monoisotopic (exact) mass is 290 g/mol. The van der Waals surface area contributed by atoms with E-state index in [1.165, 1.54) is 19.2 Å². The van der Waals surface area contributed by atoms with Gasteiger partial charge in [-0.15, -0.1) is 0 Å². The van der Waals surface area contributed by atoms with Crippen LogP contribution in [0.5, 0.6) is 0 Å². The van der Waals surface area contributed by atoms with Gasteiger partial charge in [-0.2, -0.15) is 4.31 Å². The van der Waals surface area contributed by atoms with Crippen LogP contribution in [-0.4, -0.2) is 57.0 Å². The van der Waals surface area contributed by atoms with Gasteiger partial charge in [-0.25, -0.2) is 12.8 Å². The van der Waals surface area contributed by atoms with Crippen molar-refractivity contribution in [2.45, 2.75) is 11.5 Å². The zero-order valence-corrected chi connectivity index (χ0v) is 12.1. The second-order valence-corrected chi connectivity index (χ2v) is 6.57. The highest BCUT2D eigenvalue weighted by molar-refractivity contribution is 7.89. The molecule has 1 aromatic carbocycles. The molecule has 0 aromatic heterocycles. The number of sulfonamides is 1. The van der Waals surface area contributed by atoms with E-state index in [2.05, 4.69) is 0 Å². The molecule has 0 unspecified atom stereocenters. The second kappa shape index (κ2) is 6.42. The van der Waals surface area contributed by atoms with E-state index >= 15 is 0 Å². The highest BCUT2D eigenvalue weighted by atomic mass is 32.2. The van der Waals surface area contributed by atoms with Crippen molar-refractivity contribution in [1.82, 2.24) is 9.21 Å². The molecule has 0 aliphatic heterocycles. The van der Waals surface area contributed by atoms with Crippen molar-refractivity contribution in [1.29, 1.82) is 0 Å². The summed E-state index contributed by atoms with van der Waals surface area (Å²) >= 11 is 0. The predicted octanol–water partition coefficient (Wildman–Crippen LogP) is 0.500. The molecule has 1 rings (SSSR count). The van der Waals surface area contributed by atoms with E-state index in [9.17, 15) is 12.8 Å². The molecule has 5 nitrogen and oxygen atoms in total. The first-order valence-electron chi connectivity index (χ1n) is 5.79. The van der Waals surface area contributed by atoms with Gasteiger partial charge in [-0.05, 0) is 31.8 Å². The summed E-state index contributed by atoms with van der Waals surface area (Å²) in [5.41, 5.74) is 0.340. The van der Waals surface area contributed by atoms with Gasteiger partial charge in [0.2, 0.25) is 10.0 Å². The molecule has 0 radical (unpaired) electrons. The van der Waals surface area contributed by atoms with Crippen LogP contribution in [0.3, 0.4) is 0 Å². The van der Waals surface area contributed by atoms with Crippen LogP contribution in [0.1, 0.15) is 5.56 Å². The molecule has 7 heteroatoms. The van der Waals surface area contributed by atoms with Crippen molar-refractivity contribution in [2.24, 2.45) is 0 Å². The van der Waals surface area contributed by atoms with Crippen molar-refractivity contribution in [3.05, 3.63) is 29.6 Å². The number of rotatable bonds is 6. The Morgan fingerprint density at radius 3 is 2.32 bits per heavy atom. The van der Waals surface area contributed by atoms with Crippen LogP contribution >= 0.6 is 0 Å². The standard InChI is InChI=1S/C12H19FN2O3S/c1-14(2)6-7-15(3)19(17,18)12-5-4-10(9-16)8-11(12)13/h4-5,8,16H,6-7,9H2,1-3H3. The lowest BCUT2D eigenvalue weighted by Crippen LogP contribution is -2.34. The summed E-state index contributed by atoms with van der Waals surface area (Å²) in [6.07, 6.45) is 0. The Morgan fingerprint density at radius 1 is 1.21 bits per heavy atom. The molecule has 0 saturated carbocycles. The highest BCUT2D eigenvalue weighted by Gasteiger charge is 2.24. The van der Waals surface area contributed by atoms with Crippen molar-refractivity contribution >= 4 is 10.0 Å². The zero-order valence-electron chi connectivity index (χ0n) is 11.3. The Balaban J connectivity index is 2.99. The van der Waals surface area contributed by atoms with E-state index in [1.807, 2.05) is 19.0 Å². The molecule has 0 spiro atoms. The number of halogens is 1. The number of hydrogen-bond donors (Lipinski definition) is 1. The molecule has 0 heterocycles. The number of likely N-dealkylation sites (N-methyl/N-ethyl adjacent to an activating group) is 2. The summed E-state index contributed by atoms with van der Waals surface area (Å²) in [5, 5.41) is 8.88. The topological polar surface area (TPSA) is 60.9 Å². The maximum atomic E-state index is 13.8. The normalized spacial score (nSPS) is 12.4. The SMILES string of the molecule is CN(C)CCN(C)S(=O)(=O)c1ccc(CO)cc1F. The molecule has 19 heavy (non-hydrogen) atoms. The van der Waals surface area contributed by atoms with Crippen molar-refractivity contribution in [3.8, 4) is 0 Å². The summed E-state index contributed by atoms with van der Waals surface area (Å²) in [4.78, 5) is 1.47. The second-order valence-electron chi connectivity index (χ2n) is 4.55. The summed E-state index contributed by atoms with van der Waals surface area (Å²) in [6, 6.07) is 3.62. The van der Waals surface area contributed by atoms with Gasteiger partial charge in [0.25, 0.3) is 0 Å². The van der Waals surface area contributed by atoms with Gasteiger partial charge in [-0.3, -0.25) is 0 Å². The van der Waals surface area contributed by atoms with Gasteiger partial charge < -0.3 is 10.0 Å². The first-order valence-corrected chi connectivity index (χ1v) is 7.23. The molecule has 1 aromatic rings. The zero-order chi connectivity index (χ0) is 14.6. The molecule has 0 amide bonds. The fraction of sp³-hybridized carbons (Fsp3) is 0.500. The number of aliphatic hydroxyl groups excluding tert-OH is 1. The quantitative estimate of drug-likeness (QED) is 0.829. The summed E-state index contributed by atoms with van der Waals surface area (Å²) in [6.45, 7) is 0.496. The van der Waals surface area contributed by atoms with Gasteiger partial charge >= 0.3 is 0 Å². The molecule has 0 bridgehead atoms. The Hall–Kier alpha value is -1.02. The van der Waals surface area contributed by atoms with Crippen LogP contribution in [0.2, 0.25) is 0 Å². The number of benzene rings is 1.